The van der Waals surface area contributed by atoms with Crippen molar-refractivity contribution in [1.29, 1.82) is 0 Å². The van der Waals surface area contributed by atoms with Gasteiger partial charge in [0.1, 0.15) is 0 Å². The molecule has 1 saturated heterocycles. The van der Waals surface area contributed by atoms with E-state index in [1.54, 1.807) is 0 Å². The molecule has 0 spiro atoms. The molecule has 1 aliphatic heterocycles. The molecule has 0 aromatic heterocycles. The predicted molar refractivity (Wildman–Crippen MR) is 131 cm³/mol. The molecule has 1 aliphatic carbocycles. The van der Waals surface area contributed by atoms with E-state index in [2.05, 4.69) is 53.2 Å². The van der Waals surface area contributed by atoms with Crippen LogP contribution in [0.1, 0.15) is 57.6 Å². The smallest absolute Gasteiger partial charge is 0.238 e. The number of amides is 1. The van der Waals surface area contributed by atoms with E-state index in [4.69, 9.17) is 0 Å². The van der Waals surface area contributed by atoms with Crippen LogP contribution in [0.2, 0.25) is 0 Å². The summed E-state index contributed by atoms with van der Waals surface area (Å²) in [6.45, 7) is 7.38. The average Bonchev–Trinajstić information content (AvgIpc) is 2.81. The lowest BCUT2D eigenvalue weighted by Crippen LogP contribution is -2.56. The first-order valence-corrected chi connectivity index (χ1v) is 12.2. The quantitative estimate of drug-likeness (QED) is 0.653. The Balaban J connectivity index is 1.58. The number of anilines is 2. The first-order chi connectivity index (χ1) is 15.5. The third-order valence-corrected chi connectivity index (χ3v) is 7.44. The van der Waals surface area contributed by atoms with E-state index >= 15 is 0 Å². The van der Waals surface area contributed by atoms with E-state index in [0.717, 1.165) is 57.4 Å². The molecular weight excluding hydrogens is 398 g/mol. The van der Waals surface area contributed by atoms with Gasteiger partial charge in [0.05, 0.1) is 12.1 Å². The lowest BCUT2D eigenvalue weighted by molar-refractivity contribution is -0.135. The summed E-state index contributed by atoms with van der Waals surface area (Å²) < 4.78 is 0. The SMILES string of the molecule is CCN(CC)c1ccc([C@@H]2[C@@H]3CCCC[C@]3(O)CCN2CC(=O)Nc2ccccc2)cc1. The lowest BCUT2D eigenvalue weighted by atomic mass is 9.66. The van der Waals surface area contributed by atoms with Gasteiger partial charge in [-0.05, 0) is 62.9 Å². The molecule has 5 nitrogen and oxygen atoms in total. The van der Waals surface area contributed by atoms with Crippen LogP contribution in [-0.4, -0.2) is 47.7 Å². The van der Waals surface area contributed by atoms with Crippen LogP contribution in [0.25, 0.3) is 0 Å². The molecule has 32 heavy (non-hydrogen) atoms. The Morgan fingerprint density at radius 3 is 2.47 bits per heavy atom. The fraction of sp³-hybridized carbons (Fsp3) is 0.519. The van der Waals surface area contributed by atoms with Crippen molar-refractivity contribution in [2.45, 2.75) is 57.6 Å². The molecule has 3 atom stereocenters. The largest absolute Gasteiger partial charge is 0.389 e. The second kappa shape index (κ2) is 10.1. The summed E-state index contributed by atoms with van der Waals surface area (Å²) >= 11 is 0. The molecule has 0 unspecified atom stereocenters. The predicted octanol–water partition coefficient (Wildman–Crippen LogP) is 4.84. The molecule has 4 rings (SSSR count). The zero-order valence-corrected chi connectivity index (χ0v) is 19.5. The summed E-state index contributed by atoms with van der Waals surface area (Å²) in [5.74, 6) is 0.163. The monoisotopic (exact) mass is 435 g/mol. The van der Waals surface area contributed by atoms with Gasteiger partial charge in [-0.25, -0.2) is 0 Å². The number of hydrogen-bond donors (Lipinski definition) is 2. The number of hydrogen-bond acceptors (Lipinski definition) is 4. The van der Waals surface area contributed by atoms with Gasteiger partial charge >= 0.3 is 0 Å². The van der Waals surface area contributed by atoms with Crippen LogP contribution in [0.5, 0.6) is 0 Å². The number of aliphatic hydroxyl groups is 1. The molecule has 2 aromatic rings. The molecule has 172 valence electrons. The molecule has 1 amide bonds. The zero-order valence-electron chi connectivity index (χ0n) is 19.5. The van der Waals surface area contributed by atoms with Crippen LogP contribution in [-0.2, 0) is 4.79 Å². The standard InChI is InChI=1S/C27H37N3O2/c1-3-29(4-2)23-15-13-21(14-16-23)26-24-12-8-9-17-27(24,32)18-19-30(26)20-25(31)28-22-10-6-5-7-11-22/h5-7,10-11,13-16,24,26,32H,3-4,8-9,12,17-20H2,1-2H3,(H,28,31)/t24-,26+,27-/m0/s1. The number of rotatable bonds is 7. The molecule has 5 heteroatoms. The van der Waals surface area contributed by atoms with Crippen LogP contribution in [0.3, 0.4) is 0 Å². The molecular formula is C27H37N3O2. The van der Waals surface area contributed by atoms with Crippen molar-refractivity contribution in [1.82, 2.24) is 4.90 Å². The highest BCUT2D eigenvalue weighted by Gasteiger charge is 2.49. The van der Waals surface area contributed by atoms with E-state index in [1.165, 1.54) is 11.3 Å². The molecule has 1 saturated carbocycles. The van der Waals surface area contributed by atoms with Crippen molar-refractivity contribution in [3.63, 3.8) is 0 Å². The maximum Gasteiger partial charge on any atom is 0.238 e. The second-order valence-electron chi connectivity index (χ2n) is 9.30. The number of para-hydroxylation sites is 1. The Morgan fingerprint density at radius 2 is 1.78 bits per heavy atom. The second-order valence-corrected chi connectivity index (χ2v) is 9.30. The average molecular weight is 436 g/mol. The van der Waals surface area contributed by atoms with Crippen LogP contribution < -0.4 is 10.2 Å². The molecule has 1 heterocycles. The van der Waals surface area contributed by atoms with Crippen molar-refractivity contribution < 1.29 is 9.90 Å². The van der Waals surface area contributed by atoms with Gasteiger partial charge in [-0.2, -0.15) is 0 Å². The molecule has 2 aromatic carbocycles. The summed E-state index contributed by atoms with van der Waals surface area (Å²) in [5, 5.41) is 14.5. The summed E-state index contributed by atoms with van der Waals surface area (Å²) in [4.78, 5) is 17.5. The highest BCUT2D eigenvalue weighted by molar-refractivity contribution is 5.92. The maximum atomic E-state index is 12.9. The molecule has 2 fully saturated rings. The van der Waals surface area contributed by atoms with Crippen LogP contribution in [0, 0.1) is 5.92 Å². The van der Waals surface area contributed by atoms with Gasteiger partial charge in [0.15, 0.2) is 0 Å². The first-order valence-electron chi connectivity index (χ1n) is 12.2. The van der Waals surface area contributed by atoms with Gasteiger partial charge in [-0.15, -0.1) is 0 Å². The van der Waals surface area contributed by atoms with Crippen molar-refractivity contribution in [2.24, 2.45) is 5.92 Å². The van der Waals surface area contributed by atoms with Gasteiger partial charge in [-0.3, -0.25) is 9.69 Å². The summed E-state index contributed by atoms with van der Waals surface area (Å²) in [6, 6.07) is 18.5. The first kappa shape index (κ1) is 22.8. The number of nitrogens with zero attached hydrogens (tertiary/aromatic N) is 2. The number of piperidine rings is 1. The van der Waals surface area contributed by atoms with Crippen molar-refractivity contribution in [3.8, 4) is 0 Å². The van der Waals surface area contributed by atoms with Gasteiger partial charge in [0, 0.05) is 43.0 Å². The topological polar surface area (TPSA) is 55.8 Å². The van der Waals surface area contributed by atoms with Crippen LogP contribution >= 0.6 is 0 Å². The van der Waals surface area contributed by atoms with Gasteiger partial charge in [0.25, 0.3) is 0 Å². The number of nitrogens with one attached hydrogen (secondary N) is 1. The van der Waals surface area contributed by atoms with E-state index in [1.807, 2.05) is 30.3 Å². The van der Waals surface area contributed by atoms with Gasteiger partial charge in [-0.1, -0.05) is 43.2 Å². The van der Waals surface area contributed by atoms with Gasteiger partial charge < -0.3 is 15.3 Å². The third kappa shape index (κ3) is 4.84. The van der Waals surface area contributed by atoms with Crippen molar-refractivity contribution in [2.75, 3.05) is 36.4 Å². The Morgan fingerprint density at radius 1 is 1.06 bits per heavy atom. The fourth-order valence-electron chi connectivity index (χ4n) is 5.74. The molecule has 0 bridgehead atoms. The molecule has 2 N–H and O–H groups in total. The summed E-state index contributed by atoms with van der Waals surface area (Å²) in [7, 11) is 0. The Hall–Kier alpha value is -2.37. The molecule has 2 aliphatic rings. The minimum atomic E-state index is -0.618. The molecule has 0 radical (unpaired) electrons. The van der Waals surface area contributed by atoms with Crippen LogP contribution in [0.4, 0.5) is 11.4 Å². The van der Waals surface area contributed by atoms with Crippen molar-refractivity contribution in [3.05, 3.63) is 60.2 Å². The Kier molecular flexibility index (Phi) is 7.17. The third-order valence-electron chi connectivity index (χ3n) is 7.44. The van der Waals surface area contributed by atoms with E-state index < -0.39 is 5.60 Å². The minimum Gasteiger partial charge on any atom is -0.389 e. The highest BCUT2D eigenvalue weighted by atomic mass is 16.3. The zero-order chi connectivity index (χ0) is 22.6. The summed E-state index contributed by atoms with van der Waals surface area (Å²) in [6.07, 6.45) is 4.86. The normalized spacial score (nSPS) is 25.7. The maximum absolute atomic E-state index is 12.9. The number of fused-ring (bicyclic) bond motifs is 1. The Labute approximate surface area is 192 Å². The Bertz CT molecular complexity index is 882. The van der Waals surface area contributed by atoms with E-state index in [9.17, 15) is 9.90 Å². The lowest BCUT2D eigenvalue weighted by Gasteiger charge is -2.52. The number of benzene rings is 2. The van der Waals surface area contributed by atoms with Crippen molar-refractivity contribution >= 4 is 17.3 Å². The van der Waals surface area contributed by atoms with Gasteiger partial charge in [0.2, 0.25) is 5.91 Å². The van der Waals surface area contributed by atoms with E-state index in [0.29, 0.717) is 6.54 Å². The fourth-order valence-corrected chi connectivity index (χ4v) is 5.74. The minimum absolute atomic E-state index is 0.00205. The number of carbonyl (C=O) groups is 1. The number of likely N-dealkylation sites (tertiary alicyclic amines) is 1. The number of carbonyl (C=O) groups excluding carboxylic acids is 1. The highest BCUT2D eigenvalue weighted by Crippen LogP contribution is 2.49. The van der Waals surface area contributed by atoms with Crippen LogP contribution in [0.15, 0.2) is 54.6 Å². The summed E-state index contributed by atoms with van der Waals surface area (Å²) in [5.41, 5.74) is 2.64. The van der Waals surface area contributed by atoms with E-state index in [-0.39, 0.29) is 17.9 Å².